The van der Waals surface area contributed by atoms with Gasteiger partial charge in [0.2, 0.25) is 11.8 Å². The molecule has 0 fully saturated rings. The Hall–Kier alpha value is -3.40. The van der Waals surface area contributed by atoms with E-state index in [2.05, 4.69) is 27.1 Å². The number of thioether (sulfide) groups is 1. The molecule has 0 saturated carbocycles. The number of nitrogens with zero attached hydrogens (tertiary/aromatic N) is 3. The first-order valence-electron chi connectivity index (χ1n) is 9.58. The van der Waals surface area contributed by atoms with Crippen LogP contribution in [0.1, 0.15) is 28.3 Å². The summed E-state index contributed by atoms with van der Waals surface area (Å²) in [6, 6.07) is 7.92. The van der Waals surface area contributed by atoms with Crippen molar-refractivity contribution in [3.8, 4) is 0 Å². The number of aryl methyl sites for hydroxylation is 2. The van der Waals surface area contributed by atoms with Crippen molar-refractivity contribution in [3.63, 3.8) is 0 Å². The normalized spacial score (nSPS) is 10.8. The molecule has 10 heteroatoms. The van der Waals surface area contributed by atoms with Crippen LogP contribution in [0.2, 0.25) is 0 Å². The minimum atomic E-state index is -0.496. The fraction of sp³-hybridized carbons (Fsp3) is 0.286. The number of rotatable bonds is 9. The highest BCUT2D eigenvalue weighted by Gasteiger charge is 2.16. The van der Waals surface area contributed by atoms with Crippen molar-refractivity contribution in [3.05, 3.63) is 86.0 Å². The first-order chi connectivity index (χ1) is 14.9. The van der Waals surface area contributed by atoms with E-state index in [0.29, 0.717) is 17.8 Å². The number of amides is 1. The monoisotopic (exact) mass is 441 g/mol. The average Bonchev–Trinajstić information content (AvgIpc) is 3.20. The standard InChI is InChI=1S/C21H23N5O4S/c1-4-9-26-19(28)16(14(3)23-20(26)29)10-18-24-25-21(30-18)31-12-17(27)22-11-15-7-5-13(2)6-8-15/h4-8H,1,9-12H2,2-3H3,(H,22,27)(H,23,29). The summed E-state index contributed by atoms with van der Waals surface area (Å²) in [5, 5.41) is 10.9. The zero-order valence-electron chi connectivity index (χ0n) is 17.3. The number of aromatic amines is 1. The Morgan fingerprint density at radius 2 is 2.00 bits per heavy atom. The molecule has 31 heavy (non-hydrogen) atoms. The molecule has 1 aromatic carbocycles. The lowest BCUT2D eigenvalue weighted by Crippen LogP contribution is -2.37. The van der Waals surface area contributed by atoms with Crippen LogP contribution >= 0.6 is 11.8 Å². The molecule has 0 aliphatic rings. The van der Waals surface area contributed by atoms with E-state index >= 15 is 0 Å². The van der Waals surface area contributed by atoms with E-state index in [1.807, 2.05) is 31.2 Å². The SMILES string of the molecule is C=CCn1c(=O)[nH]c(C)c(Cc2nnc(SCC(=O)NCc3ccc(C)cc3)o2)c1=O. The Morgan fingerprint density at radius 1 is 1.26 bits per heavy atom. The highest BCUT2D eigenvalue weighted by Crippen LogP contribution is 2.17. The van der Waals surface area contributed by atoms with Crippen LogP contribution in [-0.4, -0.2) is 31.4 Å². The van der Waals surface area contributed by atoms with Crippen LogP contribution < -0.4 is 16.6 Å². The van der Waals surface area contributed by atoms with Gasteiger partial charge in [0.15, 0.2) is 0 Å². The second-order valence-corrected chi connectivity index (χ2v) is 7.85. The number of carbonyl (C=O) groups is 1. The quantitative estimate of drug-likeness (QED) is 0.383. The van der Waals surface area contributed by atoms with E-state index in [-0.39, 0.29) is 35.7 Å². The number of aromatic nitrogens is 4. The third-order valence-corrected chi connectivity index (χ3v) is 5.34. The molecule has 0 radical (unpaired) electrons. The van der Waals surface area contributed by atoms with Crippen LogP contribution in [0.15, 0.2) is 56.1 Å². The largest absolute Gasteiger partial charge is 0.416 e. The van der Waals surface area contributed by atoms with Gasteiger partial charge in [-0.05, 0) is 19.4 Å². The Labute approximate surface area is 182 Å². The molecule has 0 aliphatic heterocycles. The minimum absolute atomic E-state index is 0.0752. The molecular weight excluding hydrogens is 418 g/mol. The lowest BCUT2D eigenvalue weighted by atomic mass is 10.1. The summed E-state index contributed by atoms with van der Waals surface area (Å²) in [5.41, 5.74) is 2.06. The van der Waals surface area contributed by atoms with Gasteiger partial charge >= 0.3 is 5.69 Å². The average molecular weight is 442 g/mol. The van der Waals surface area contributed by atoms with E-state index in [0.717, 1.165) is 27.5 Å². The second kappa shape index (κ2) is 10.1. The maximum Gasteiger partial charge on any atom is 0.328 e. The number of H-pyrrole nitrogens is 1. The van der Waals surface area contributed by atoms with Gasteiger partial charge in [0.1, 0.15) is 0 Å². The molecule has 2 aromatic heterocycles. The summed E-state index contributed by atoms with van der Waals surface area (Å²) < 4.78 is 6.61. The molecule has 1 amide bonds. The van der Waals surface area contributed by atoms with Crippen LogP contribution in [0, 0.1) is 13.8 Å². The highest BCUT2D eigenvalue weighted by molar-refractivity contribution is 7.99. The van der Waals surface area contributed by atoms with Crippen molar-refractivity contribution in [2.45, 2.75) is 38.6 Å². The minimum Gasteiger partial charge on any atom is -0.416 e. The zero-order valence-corrected chi connectivity index (χ0v) is 18.1. The molecule has 0 spiro atoms. The lowest BCUT2D eigenvalue weighted by molar-refractivity contribution is -0.118. The van der Waals surface area contributed by atoms with Crippen LogP contribution in [0.4, 0.5) is 0 Å². The third kappa shape index (κ3) is 5.82. The van der Waals surface area contributed by atoms with Gasteiger partial charge in [0, 0.05) is 24.3 Å². The molecule has 9 nitrogen and oxygen atoms in total. The van der Waals surface area contributed by atoms with E-state index < -0.39 is 11.2 Å². The Morgan fingerprint density at radius 3 is 2.71 bits per heavy atom. The maximum atomic E-state index is 12.6. The van der Waals surface area contributed by atoms with Crippen LogP contribution in [0.5, 0.6) is 0 Å². The van der Waals surface area contributed by atoms with Gasteiger partial charge in [0.05, 0.1) is 12.2 Å². The maximum absolute atomic E-state index is 12.6. The van der Waals surface area contributed by atoms with Crippen molar-refractivity contribution in [2.75, 3.05) is 5.75 Å². The Bertz CT molecular complexity index is 1190. The first kappa shape index (κ1) is 22.3. The molecule has 0 unspecified atom stereocenters. The zero-order chi connectivity index (χ0) is 22.4. The summed E-state index contributed by atoms with van der Waals surface area (Å²) >= 11 is 1.11. The second-order valence-electron chi connectivity index (χ2n) is 6.93. The van der Waals surface area contributed by atoms with Gasteiger partial charge in [-0.3, -0.25) is 14.2 Å². The summed E-state index contributed by atoms with van der Waals surface area (Å²) in [7, 11) is 0. The van der Waals surface area contributed by atoms with Crippen molar-refractivity contribution >= 4 is 17.7 Å². The topological polar surface area (TPSA) is 123 Å². The molecule has 162 valence electrons. The van der Waals surface area contributed by atoms with Gasteiger partial charge in [-0.15, -0.1) is 16.8 Å². The van der Waals surface area contributed by atoms with Crippen LogP contribution in [0.25, 0.3) is 0 Å². The lowest BCUT2D eigenvalue weighted by Gasteiger charge is -2.06. The summed E-state index contributed by atoms with van der Waals surface area (Å²) in [4.78, 5) is 39.2. The van der Waals surface area contributed by atoms with E-state index in [1.165, 1.54) is 6.08 Å². The molecule has 0 atom stereocenters. The van der Waals surface area contributed by atoms with Gasteiger partial charge in [0.25, 0.3) is 10.8 Å². The molecule has 2 heterocycles. The predicted molar refractivity (Wildman–Crippen MR) is 117 cm³/mol. The number of nitrogens with one attached hydrogen (secondary N) is 2. The van der Waals surface area contributed by atoms with Crippen molar-refractivity contribution in [1.82, 2.24) is 25.1 Å². The Kier molecular flexibility index (Phi) is 7.24. The van der Waals surface area contributed by atoms with Crippen molar-refractivity contribution < 1.29 is 9.21 Å². The van der Waals surface area contributed by atoms with Crippen LogP contribution in [-0.2, 0) is 24.3 Å². The summed E-state index contributed by atoms with van der Waals surface area (Å²) in [6.07, 6.45) is 1.55. The van der Waals surface area contributed by atoms with Crippen LogP contribution in [0.3, 0.4) is 0 Å². The van der Waals surface area contributed by atoms with Gasteiger partial charge < -0.3 is 14.7 Å². The number of carbonyl (C=O) groups excluding carboxylic acids is 1. The highest BCUT2D eigenvalue weighted by atomic mass is 32.2. The van der Waals surface area contributed by atoms with E-state index in [4.69, 9.17) is 4.42 Å². The van der Waals surface area contributed by atoms with E-state index in [1.54, 1.807) is 6.92 Å². The summed E-state index contributed by atoms with van der Waals surface area (Å²) in [5.74, 6) is 0.186. The fourth-order valence-corrected chi connectivity index (χ4v) is 3.44. The fourth-order valence-electron chi connectivity index (χ4n) is 2.83. The molecule has 2 N–H and O–H groups in total. The number of allylic oxidation sites excluding steroid dienone is 1. The molecule has 3 aromatic rings. The molecule has 0 aliphatic carbocycles. The van der Waals surface area contributed by atoms with Crippen molar-refractivity contribution in [2.24, 2.45) is 0 Å². The molecule has 3 rings (SSSR count). The molecule has 0 saturated heterocycles. The number of benzene rings is 1. The predicted octanol–water partition coefficient (Wildman–Crippen LogP) is 1.72. The first-order valence-corrected chi connectivity index (χ1v) is 10.6. The molecular formula is C21H23N5O4S. The van der Waals surface area contributed by atoms with Gasteiger partial charge in [-0.2, -0.15) is 0 Å². The summed E-state index contributed by atoms with van der Waals surface area (Å²) in [6.45, 7) is 7.75. The number of hydrogen-bond acceptors (Lipinski definition) is 7. The van der Waals surface area contributed by atoms with Crippen molar-refractivity contribution in [1.29, 1.82) is 0 Å². The Balaban J connectivity index is 1.58. The smallest absolute Gasteiger partial charge is 0.328 e. The number of hydrogen-bond donors (Lipinski definition) is 2. The van der Waals surface area contributed by atoms with Gasteiger partial charge in [-0.25, -0.2) is 4.79 Å². The van der Waals surface area contributed by atoms with Gasteiger partial charge in [-0.1, -0.05) is 47.7 Å². The third-order valence-electron chi connectivity index (χ3n) is 4.52. The van der Waals surface area contributed by atoms with E-state index in [9.17, 15) is 14.4 Å². The molecule has 0 bridgehead atoms.